The second-order valence-electron chi connectivity index (χ2n) is 7.75. The zero-order valence-electron chi connectivity index (χ0n) is 15.4. The molecule has 1 aromatic rings. The van der Waals surface area contributed by atoms with Crippen LogP contribution >= 0.6 is 0 Å². The summed E-state index contributed by atoms with van der Waals surface area (Å²) >= 11 is 0. The monoisotopic (exact) mass is 370 g/mol. The van der Waals surface area contributed by atoms with Gasteiger partial charge in [-0.1, -0.05) is 18.6 Å². The van der Waals surface area contributed by atoms with Crippen LogP contribution in [-0.4, -0.2) is 52.7 Å². The van der Waals surface area contributed by atoms with Crippen molar-refractivity contribution in [2.45, 2.75) is 57.3 Å². The van der Waals surface area contributed by atoms with Gasteiger partial charge in [-0.3, -0.25) is 24.6 Å². The third-order valence-corrected chi connectivity index (χ3v) is 5.99. The highest BCUT2D eigenvalue weighted by Gasteiger charge is 2.39. The second kappa shape index (κ2) is 7.40. The average molecular weight is 370 g/mol. The predicted octanol–water partition coefficient (Wildman–Crippen LogP) is 0.761. The summed E-state index contributed by atoms with van der Waals surface area (Å²) in [5, 5.41) is 2.34. The number of likely N-dealkylation sites (tertiary alicyclic amines) is 1. The Kier molecular flexibility index (Phi) is 4.97. The average Bonchev–Trinajstić information content (AvgIpc) is 2.98. The topological polar surface area (TPSA) is 95.7 Å². The summed E-state index contributed by atoms with van der Waals surface area (Å²) in [4.78, 5) is 40.3. The van der Waals surface area contributed by atoms with Crippen LogP contribution < -0.4 is 11.1 Å². The van der Waals surface area contributed by atoms with E-state index >= 15 is 0 Å². The van der Waals surface area contributed by atoms with Crippen molar-refractivity contribution in [1.82, 2.24) is 15.1 Å². The van der Waals surface area contributed by atoms with Gasteiger partial charge in [-0.25, -0.2) is 0 Å². The molecule has 3 heterocycles. The van der Waals surface area contributed by atoms with Crippen LogP contribution in [0.2, 0.25) is 0 Å². The number of amides is 3. The first-order valence-electron chi connectivity index (χ1n) is 9.77. The minimum Gasteiger partial charge on any atom is -0.329 e. The van der Waals surface area contributed by atoms with Crippen LogP contribution in [0.5, 0.6) is 0 Å². The maximum Gasteiger partial charge on any atom is 0.255 e. The molecule has 0 aromatic heterocycles. The number of fused-ring (bicyclic) bond motifs is 1. The lowest BCUT2D eigenvalue weighted by molar-refractivity contribution is -0.136. The normalized spacial score (nSPS) is 26.3. The van der Waals surface area contributed by atoms with Crippen LogP contribution in [-0.2, 0) is 22.7 Å². The molecule has 7 heteroatoms. The standard InChI is InChI=1S/C20H26N4O3/c21-10-15-3-1-2-8-23(15)11-13-4-5-16-14(9-13)12-24(20(16)27)17-6-7-18(25)22-19(17)26/h4-5,9,15,17H,1-3,6-8,10-12,21H2,(H,22,25,26)/t15-,17?/m0/s1. The largest absolute Gasteiger partial charge is 0.329 e. The molecule has 2 fully saturated rings. The fraction of sp³-hybridized carbons (Fsp3) is 0.550. The second-order valence-corrected chi connectivity index (χ2v) is 7.75. The molecule has 2 atom stereocenters. The highest BCUT2D eigenvalue weighted by Crippen LogP contribution is 2.29. The quantitative estimate of drug-likeness (QED) is 0.763. The van der Waals surface area contributed by atoms with Gasteiger partial charge in [0.05, 0.1) is 0 Å². The molecular formula is C20H26N4O3. The van der Waals surface area contributed by atoms with Crippen molar-refractivity contribution in [3.63, 3.8) is 0 Å². The lowest BCUT2D eigenvalue weighted by Crippen LogP contribution is -2.52. The molecule has 7 nitrogen and oxygen atoms in total. The molecule has 4 rings (SSSR count). The fourth-order valence-corrected chi connectivity index (χ4v) is 4.50. The van der Waals surface area contributed by atoms with E-state index in [9.17, 15) is 14.4 Å². The van der Waals surface area contributed by atoms with E-state index in [-0.39, 0.29) is 24.1 Å². The Morgan fingerprint density at radius 2 is 2.00 bits per heavy atom. The predicted molar refractivity (Wildman–Crippen MR) is 99.6 cm³/mol. The highest BCUT2D eigenvalue weighted by atomic mass is 16.2. The molecule has 3 aliphatic heterocycles. The van der Waals surface area contributed by atoms with Gasteiger partial charge in [0.15, 0.2) is 0 Å². The summed E-state index contributed by atoms with van der Waals surface area (Å²) in [6.07, 6.45) is 4.24. The summed E-state index contributed by atoms with van der Waals surface area (Å²) in [7, 11) is 0. The van der Waals surface area contributed by atoms with Gasteiger partial charge < -0.3 is 10.6 Å². The summed E-state index contributed by atoms with van der Waals surface area (Å²) in [6.45, 7) is 2.99. The summed E-state index contributed by atoms with van der Waals surface area (Å²) < 4.78 is 0. The zero-order valence-corrected chi connectivity index (χ0v) is 15.4. The SMILES string of the molecule is NC[C@@H]1CCCCN1Cc1ccc2c(c1)CN(C1CCC(=O)NC1=O)C2=O. The van der Waals surface area contributed by atoms with Crippen molar-refractivity contribution in [1.29, 1.82) is 0 Å². The van der Waals surface area contributed by atoms with Gasteiger partial charge in [0, 0.05) is 37.7 Å². The van der Waals surface area contributed by atoms with Crippen LogP contribution in [0.1, 0.15) is 53.6 Å². The first-order chi connectivity index (χ1) is 13.1. The summed E-state index contributed by atoms with van der Waals surface area (Å²) in [6, 6.07) is 5.83. The molecular weight excluding hydrogens is 344 g/mol. The number of nitrogens with two attached hydrogens (primary N) is 1. The molecule has 1 aromatic carbocycles. The van der Waals surface area contributed by atoms with Gasteiger partial charge in [0.2, 0.25) is 11.8 Å². The molecule has 1 unspecified atom stereocenters. The maximum absolute atomic E-state index is 12.8. The Balaban J connectivity index is 1.49. The third-order valence-electron chi connectivity index (χ3n) is 5.99. The van der Waals surface area contributed by atoms with Crippen LogP contribution in [0.4, 0.5) is 0 Å². The lowest BCUT2D eigenvalue weighted by atomic mass is 10.00. The number of hydrogen-bond acceptors (Lipinski definition) is 5. The van der Waals surface area contributed by atoms with Crippen molar-refractivity contribution < 1.29 is 14.4 Å². The van der Waals surface area contributed by atoms with Gasteiger partial charge in [-0.2, -0.15) is 0 Å². The van der Waals surface area contributed by atoms with Crippen molar-refractivity contribution in [3.8, 4) is 0 Å². The number of nitrogens with one attached hydrogen (secondary N) is 1. The van der Waals surface area contributed by atoms with Crippen molar-refractivity contribution in [2.24, 2.45) is 5.73 Å². The van der Waals surface area contributed by atoms with Gasteiger partial charge in [-0.15, -0.1) is 0 Å². The van der Waals surface area contributed by atoms with E-state index in [4.69, 9.17) is 5.73 Å². The van der Waals surface area contributed by atoms with E-state index < -0.39 is 6.04 Å². The summed E-state index contributed by atoms with van der Waals surface area (Å²) in [5.41, 5.74) is 8.72. The highest BCUT2D eigenvalue weighted by molar-refractivity contribution is 6.05. The van der Waals surface area contributed by atoms with Gasteiger partial charge >= 0.3 is 0 Å². The minimum absolute atomic E-state index is 0.121. The van der Waals surface area contributed by atoms with E-state index in [0.29, 0.717) is 31.1 Å². The Morgan fingerprint density at radius 1 is 1.15 bits per heavy atom. The first-order valence-corrected chi connectivity index (χ1v) is 9.77. The number of rotatable bonds is 4. The van der Waals surface area contributed by atoms with E-state index in [1.807, 2.05) is 12.1 Å². The molecule has 144 valence electrons. The van der Waals surface area contributed by atoms with Crippen LogP contribution in [0.3, 0.4) is 0 Å². The maximum atomic E-state index is 12.8. The zero-order chi connectivity index (χ0) is 19.0. The number of nitrogens with zero attached hydrogens (tertiary/aromatic N) is 2. The van der Waals surface area contributed by atoms with E-state index in [0.717, 1.165) is 25.1 Å². The minimum atomic E-state index is -0.560. The van der Waals surface area contributed by atoms with Crippen LogP contribution in [0.15, 0.2) is 18.2 Å². The van der Waals surface area contributed by atoms with Crippen LogP contribution in [0.25, 0.3) is 0 Å². The molecule has 3 N–H and O–H groups in total. The van der Waals surface area contributed by atoms with Crippen molar-refractivity contribution >= 4 is 17.7 Å². The number of hydrogen-bond donors (Lipinski definition) is 2. The third kappa shape index (κ3) is 3.49. The number of piperidine rings is 2. The van der Waals surface area contributed by atoms with E-state index in [1.165, 1.54) is 18.4 Å². The van der Waals surface area contributed by atoms with Gasteiger partial charge in [0.1, 0.15) is 6.04 Å². The summed E-state index contributed by atoms with van der Waals surface area (Å²) in [5.74, 6) is -0.755. The molecule has 0 bridgehead atoms. The Bertz CT molecular complexity index is 778. The van der Waals surface area contributed by atoms with Gasteiger partial charge in [0.25, 0.3) is 5.91 Å². The lowest BCUT2D eigenvalue weighted by Gasteiger charge is -2.35. The molecule has 0 aliphatic carbocycles. The van der Waals surface area contributed by atoms with Crippen molar-refractivity contribution in [2.75, 3.05) is 13.1 Å². The van der Waals surface area contributed by atoms with Crippen molar-refractivity contribution in [3.05, 3.63) is 34.9 Å². The molecule has 3 aliphatic rings. The van der Waals surface area contributed by atoms with E-state index in [1.54, 1.807) is 4.90 Å². The first kappa shape index (κ1) is 18.1. The fourth-order valence-electron chi connectivity index (χ4n) is 4.50. The molecule has 3 amide bonds. The molecule has 0 radical (unpaired) electrons. The Labute approximate surface area is 158 Å². The number of benzene rings is 1. The van der Waals surface area contributed by atoms with Crippen LogP contribution in [0, 0.1) is 0 Å². The smallest absolute Gasteiger partial charge is 0.255 e. The molecule has 27 heavy (non-hydrogen) atoms. The number of imide groups is 1. The molecule has 2 saturated heterocycles. The Morgan fingerprint density at radius 3 is 2.78 bits per heavy atom. The Hall–Kier alpha value is -2.25. The number of carbonyl (C=O) groups excluding carboxylic acids is 3. The van der Waals surface area contributed by atoms with Gasteiger partial charge in [-0.05, 0) is 43.0 Å². The molecule has 0 spiro atoms. The number of carbonyl (C=O) groups is 3. The van der Waals surface area contributed by atoms with E-state index in [2.05, 4.69) is 16.3 Å². The molecule has 0 saturated carbocycles.